The lowest BCUT2D eigenvalue weighted by atomic mass is 10.00. The third-order valence-electron chi connectivity index (χ3n) is 17.9. The lowest BCUT2D eigenvalue weighted by Crippen LogP contribution is -2.04. The molecule has 0 radical (unpaired) electrons. The van der Waals surface area contributed by atoms with Gasteiger partial charge >= 0.3 is 0 Å². The normalized spacial score (nSPS) is 11.8. The van der Waals surface area contributed by atoms with Crippen LogP contribution in [0.3, 0.4) is 0 Å². The topological polar surface area (TPSA) is 73.7 Å². The van der Waals surface area contributed by atoms with E-state index >= 15 is 0 Å². The van der Waals surface area contributed by atoms with Crippen LogP contribution in [0.4, 0.5) is 5.69 Å². The third kappa shape index (κ3) is 7.37. The van der Waals surface area contributed by atoms with Crippen molar-refractivity contribution in [1.82, 2.24) is 28.2 Å². The van der Waals surface area contributed by atoms with Gasteiger partial charge in [-0.3, -0.25) is 4.57 Å². The number of hydrogen-bond acceptors (Lipinski definition) is 3. The van der Waals surface area contributed by atoms with Gasteiger partial charge in [0.2, 0.25) is 5.95 Å². The molecular formula is C80H46N8. The zero-order valence-electron chi connectivity index (χ0n) is 47.1. The summed E-state index contributed by atoms with van der Waals surface area (Å²) in [6.07, 6.45) is 0. The molecule has 0 bridgehead atoms. The van der Waals surface area contributed by atoms with E-state index in [2.05, 4.69) is 290 Å². The average molecular weight is 1120 g/mol. The van der Waals surface area contributed by atoms with Crippen LogP contribution in [0.25, 0.3) is 170 Å². The summed E-state index contributed by atoms with van der Waals surface area (Å²) in [5.41, 5.74) is 19.5. The van der Waals surface area contributed by atoms with Gasteiger partial charge in [-0.05, 0) is 167 Å². The smallest absolute Gasteiger partial charge is 0.235 e. The Kier molecular flexibility index (Phi) is 10.6. The van der Waals surface area contributed by atoms with Crippen LogP contribution in [0.2, 0.25) is 0 Å². The van der Waals surface area contributed by atoms with Crippen molar-refractivity contribution in [1.29, 1.82) is 5.26 Å². The molecule has 13 aromatic carbocycles. The largest absolute Gasteiger partial charge is 0.309 e. The Morgan fingerprint density at radius 2 is 0.716 bits per heavy atom. The fourth-order valence-electron chi connectivity index (χ4n) is 14.0. The molecule has 18 rings (SSSR count). The number of nitrogens with zero attached hydrogens (tertiary/aromatic N) is 8. The second kappa shape index (κ2) is 19.1. The average Bonchev–Trinajstić information content (AvgIpc) is 1.96. The molecule has 0 aliphatic rings. The summed E-state index contributed by atoms with van der Waals surface area (Å²) in [6.45, 7) is 8.05. The van der Waals surface area contributed by atoms with Crippen LogP contribution in [0, 0.1) is 17.9 Å². The third-order valence-corrected chi connectivity index (χ3v) is 17.9. The Hall–Kier alpha value is -12.4. The van der Waals surface area contributed by atoms with Crippen molar-refractivity contribution >= 4 is 115 Å². The van der Waals surface area contributed by atoms with Gasteiger partial charge in [-0.15, -0.1) is 0 Å². The molecule has 0 saturated heterocycles. The van der Waals surface area contributed by atoms with Crippen LogP contribution in [0.5, 0.6) is 0 Å². The molecule has 0 aliphatic heterocycles. The van der Waals surface area contributed by atoms with Crippen LogP contribution >= 0.6 is 0 Å². The lowest BCUT2D eigenvalue weighted by molar-refractivity contribution is 1.02. The molecule has 5 heterocycles. The number of fused-ring (bicyclic) bond motifs is 15. The number of aromatic nitrogens is 6. The highest BCUT2D eigenvalue weighted by Crippen LogP contribution is 2.43. The molecule has 8 heteroatoms. The fraction of sp³-hybridized carbons (Fsp3) is 0. The summed E-state index contributed by atoms with van der Waals surface area (Å²) in [7, 11) is 0. The molecule has 0 fully saturated rings. The molecule has 0 aliphatic carbocycles. The summed E-state index contributed by atoms with van der Waals surface area (Å²) in [5, 5.41) is 22.4. The summed E-state index contributed by atoms with van der Waals surface area (Å²) in [4.78, 5) is 14.9. The molecule has 406 valence electrons. The van der Waals surface area contributed by atoms with E-state index in [0.29, 0.717) is 28.5 Å². The van der Waals surface area contributed by atoms with Gasteiger partial charge < -0.3 is 13.7 Å². The standard InChI is InChI=1S/C80H46N8/c1-82-56-41-49(48-81)40-55(42-56)78-65-34-28-54-43-59(87-72-26-14-10-22-63(72)68-46-52(31-38-76(68)87)50-29-36-74-66(44-50)61-20-8-12-24-70(61)85(74)57-16-4-2-5-17-57)33-35-60(54)79(65)84-80(83-78)88-73-27-15-11-23-64(73)69-47-53(32-39-77(69)88)51-30-37-75-67(45-51)62-21-9-13-25-71(62)86(75)58-18-6-3-7-19-58/h2-47H. The summed E-state index contributed by atoms with van der Waals surface area (Å²) in [5.74, 6) is 0.485. The zero-order valence-corrected chi connectivity index (χ0v) is 47.1. The van der Waals surface area contributed by atoms with E-state index in [0.717, 1.165) is 99.3 Å². The van der Waals surface area contributed by atoms with E-state index in [9.17, 15) is 5.26 Å². The quantitative estimate of drug-likeness (QED) is 0.118. The first kappa shape index (κ1) is 49.1. The van der Waals surface area contributed by atoms with Crippen molar-refractivity contribution < 1.29 is 0 Å². The van der Waals surface area contributed by atoms with E-state index < -0.39 is 0 Å². The van der Waals surface area contributed by atoms with Crippen molar-refractivity contribution in [3.63, 3.8) is 0 Å². The molecule has 0 saturated carbocycles. The molecule has 18 aromatic rings. The molecule has 0 atom stereocenters. The highest BCUT2D eigenvalue weighted by Gasteiger charge is 2.23. The van der Waals surface area contributed by atoms with Gasteiger partial charge in [-0.1, -0.05) is 146 Å². The SMILES string of the molecule is [C-]#[N+]c1cc(C#N)cc(-c2nc(-n3c4ccccc4c4cc(-c5ccc6c(c5)c5ccccc5n6-c5ccccc5)ccc43)nc3c2ccc2cc(-n4c5ccccc5c5cc(-c6ccc7c(c6)c6ccccc6n7-c6ccccc6)ccc54)ccc23)c1. The number of benzene rings is 13. The van der Waals surface area contributed by atoms with Gasteiger partial charge in [0.05, 0.1) is 68.0 Å². The van der Waals surface area contributed by atoms with Crippen LogP contribution in [0.15, 0.2) is 279 Å². The molecule has 8 nitrogen and oxygen atoms in total. The van der Waals surface area contributed by atoms with Crippen molar-refractivity contribution in [3.05, 3.63) is 296 Å². The Bertz CT molecular complexity index is 6050. The van der Waals surface area contributed by atoms with Crippen molar-refractivity contribution in [3.8, 4) is 62.6 Å². The highest BCUT2D eigenvalue weighted by atomic mass is 15.2. The van der Waals surface area contributed by atoms with Gasteiger partial charge in [0.1, 0.15) is 0 Å². The summed E-state index contributed by atoms with van der Waals surface area (Å²) < 4.78 is 9.25. The van der Waals surface area contributed by atoms with Crippen molar-refractivity contribution in [2.75, 3.05) is 0 Å². The van der Waals surface area contributed by atoms with Gasteiger partial charge in [-0.2, -0.15) is 5.26 Å². The first-order valence-corrected chi connectivity index (χ1v) is 29.5. The summed E-state index contributed by atoms with van der Waals surface area (Å²) >= 11 is 0. The van der Waals surface area contributed by atoms with Crippen molar-refractivity contribution in [2.45, 2.75) is 0 Å². The minimum atomic E-state index is 0.367. The maximum Gasteiger partial charge on any atom is 0.235 e. The maximum atomic E-state index is 10.3. The summed E-state index contributed by atoms with van der Waals surface area (Å²) in [6, 6.07) is 101. The molecule has 0 amide bonds. The Balaban J connectivity index is 0.791. The predicted molar refractivity (Wildman–Crippen MR) is 362 cm³/mol. The lowest BCUT2D eigenvalue weighted by Gasteiger charge is -2.15. The van der Waals surface area contributed by atoms with Gasteiger partial charge in [-0.25, -0.2) is 14.8 Å². The first-order chi connectivity index (χ1) is 43.5. The molecule has 5 aromatic heterocycles. The number of nitriles is 1. The van der Waals surface area contributed by atoms with Crippen LogP contribution < -0.4 is 0 Å². The molecular weight excluding hydrogens is 1070 g/mol. The van der Waals surface area contributed by atoms with E-state index in [1.165, 1.54) is 48.9 Å². The van der Waals surface area contributed by atoms with E-state index in [1.54, 1.807) is 6.07 Å². The first-order valence-electron chi connectivity index (χ1n) is 29.5. The van der Waals surface area contributed by atoms with Crippen molar-refractivity contribution in [2.24, 2.45) is 0 Å². The fourth-order valence-corrected chi connectivity index (χ4v) is 14.0. The van der Waals surface area contributed by atoms with Gasteiger partial charge in [0.25, 0.3) is 0 Å². The van der Waals surface area contributed by atoms with E-state index in [4.69, 9.17) is 16.5 Å². The Labute approximate surface area is 503 Å². The number of rotatable bonds is 7. The van der Waals surface area contributed by atoms with Crippen LogP contribution in [-0.2, 0) is 0 Å². The minimum absolute atomic E-state index is 0.367. The van der Waals surface area contributed by atoms with E-state index in [1.807, 2.05) is 12.1 Å². The van der Waals surface area contributed by atoms with E-state index in [-0.39, 0.29) is 0 Å². The van der Waals surface area contributed by atoms with Crippen LogP contribution in [-0.4, -0.2) is 28.2 Å². The molecule has 0 N–H and O–H groups in total. The second-order valence-corrected chi connectivity index (χ2v) is 22.7. The molecule has 0 spiro atoms. The second-order valence-electron chi connectivity index (χ2n) is 22.7. The molecule has 88 heavy (non-hydrogen) atoms. The maximum absolute atomic E-state index is 10.3. The Morgan fingerprint density at radius 3 is 1.18 bits per heavy atom. The zero-order chi connectivity index (χ0) is 58.1. The monoisotopic (exact) mass is 1120 g/mol. The Morgan fingerprint density at radius 1 is 0.307 bits per heavy atom. The predicted octanol–water partition coefficient (Wildman–Crippen LogP) is 20.6. The molecule has 0 unspecified atom stereocenters. The number of hydrogen-bond donors (Lipinski definition) is 0. The van der Waals surface area contributed by atoms with Gasteiger partial charge in [0.15, 0.2) is 5.69 Å². The number of para-hydroxylation sites is 6. The minimum Gasteiger partial charge on any atom is -0.309 e. The van der Waals surface area contributed by atoms with Crippen LogP contribution in [0.1, 0.15) is 5.56 Å². The van der Waals surface area contributed by atoms with Gasteiger partial charge in [0, 0.05) is 76.5 Å². The highest BCUT2D eigenvalue weighted by molar-refractivity contribution is 6.16.